The first-order valence-electron chi connectivity index (χ1n) is 8.51. The van der Waals surface area contributed by atoms with Crippen LogP contribution in [0.2, 0.25) is 0 Å². The molecule has 0 saturated carbocycles. The molecule has 0 aliphatic heterocycles. The standard InChI is InChI=1S/C22H17NO3S/c1-16-11-13-18(14-12-16)27(25,26)23-20-10-6-5-9-19(20)22(24)15-21(23)17-7-3-2-4-8-17/h2-15H,1H3. The quantitative estimate of drug-likeness (QED) is 0.539. The fraction of sp³-hybridized carbons (Fsp3) is 0.0455. The van der Waals surface area contributed by atoms with E-state index in [1.165, 1.54) is 10.0 Å². The van der Waals surface area contributed by atoms with E-state index in [9.17, 15) is 13.2 Å². The minimum absolute atomic E-state index is 0.180. The molecule has 1 aromatic heterocycles. The van der Waals surface area contributed by atoms with Gasteiger partial charge in [0.05, 0.1) is 16.1 Å². The number of benzene rings is 3. The molecule has 5 heteroatoms. The van der Waals surface area contributed by atoms with Gasteiger partial charge in [-0.05, 0) is 36.8 Å². The summed E-state index contributed by atoms with van der Waals surface area (Å²) in [5, 5.41) is 0.368. The zero-order valence-electron chi connectivity index (χ0n) is 14.7. The third-order valence-corrected chi connectivity index (χ3v) is 6.25. The molecule has 1 heterocycles. The van der Waals surface area contributed by atoms with Crippen LogP contribution in [-0.2, 0) is 10.0 Å². The van der Waals surface area contributed by atoms with E-state index in [0.717, 1.165) is 5.56 Å². The lowest BCUT2D eigenvalue weighted by Crippen LogP contribution is -2.20. The lowest BCUT2D eigenvalue weighted by atomic mass is 10.1. The van der Waals surface area contributed by atoms with Crippen molar-refractivity contribution >= 4 is 20.9 Å². The highest BCUT2D eigenvalue weighted by Crippen LogP contribution is 2.27. The molecule has 3 aromatic carbocycles. The molecule has 0 fully saturated rings. The molecule has 27 heavy (non-hydrogen) atoms. The average Bonchev–Trinajstić information content (AvgIpc) is 2.69. The first-order chi connectivity index (χ1) is 13.0. The van der Waals surface area contributed by atoms with E-state index in [1.54, 1.807) is 60.7 Å². The summed E-state index contributed by atoms with van der Waals surface area (Å²) in [4.78, 5) is 12.8. The Balaban J connectivity index is 2.14. The van der Waals surface area contributed by atoms with Crippen molar-refractivity contribution in [3.8, 4) is 11.3 Å². The van der Waals surface area contributed by atoms with Gasteiger partial charge in [-0.2, -0.15) is 0 Å². The highest BCUT2D eigenvalue weighted by Gasteiger charge is 2.23. The zero-order chi connectivity index (χ0) is 19.0. The summed E-state index contributed by atoms with van der Waals surface area (Å²) in [6.45, 7) is 1.90. The molecule has 0 amide bonds. The molecule has 134 valence electrons. The Labute approximate surface area is 157 Å². The van der Waals surface area contributed by atoms with E-state index >= 15 is 0 Å². The monoisotopic (exact) mass is 375 g/mol. The van der Waals surface area contributed by atoms with Gasteiger partial charge in [-0.3, -0.25) is 4.79 Å². The van der Waals surface area contributed by atoms with Gasteiger partial charge in [-0.1, -0.05) is 60.2 Å². The van der Waals surface area contributed by atoms with Crippen LogP contribution in [0.3, 0.4) is 0 Å². The molecule has 0 unspecified atom stereocenters. The first kappa shape index (κ1) is 17.2. The van der Waals surface area contributed by atoms with Gasteiger partial charge in [0, 0.05) is 11.5 Å². The summed E-state index contributed by atoms with van der Waals surface area (Å²) in [6, 6.07) is 23.9. The summed E-state index contributed by atoms with van der Waals surface area (Å²) >= 11 is 0. The van der Waals surface area contributed by atoms with Crippen LogP contribution in [0.25, 0.3) is 22.2 Å². The van der Waals surface area contributed by atoms with Crippen molar-refractivity contribution < 1.29 is 8.42 Å². The third-order valence-electron chi connectivity index (χ3n) is 4.50. The number of aromatic nitrogens is 1. The maximum Gasteiger partial charge on any atom is 0.268 e. The molecule has 0 spiro atoms. The normalized spacial score (nSPS) is 11.6. The smallest absolute Gasteiger partial charge is 0.268 e. The number of pyridine rings is 1. The summed E-state index contributed by atoms with van der Waals surface area (Å²) in [5.74, 6) is 0. The molecule has 0 N–H and O–H groups in total. The van der Waals surface area contributed by atoms with Gasteiger partial charge >= 0.3 is 0 Å². The largest absolute Gasteiger partial charge is 0.289 e. The highest BCUT2D eigenvalue weighted by molar-refractivity contribution is 7.90. The summed E-state index contributed by atoms with van der Waals surface area (Å²) in [5.41, 5.74) is 2.14. The van der Waals surface area contributed by atoms with Crippen LogP contribution >= 0.6 is 0 Å². The number of nitrogens with zero attached hydrogens (tertiary/aromatic N) is 1. The predicted octanol–water partition coefficient (Wildman–Crippen LogP) is 4.21. The van der Waals surface area contributed by atoms with Gasteiger partial charge in [-0.25, -0.2) is 12.4 Å². The van der Waals surface area contributed by atoms with Crippen molar-refractivity contribution in [3.63, 3.8) is 0 Å². The molecule has 0 aliphatic carbocycles. The second kappa shape index (κ2) is 6.52. The summed E-state index contributed by atoms with van der Waals surface area (Å²) in [6.07, 6.45) is 0. The number of hydrogen-bond acceptors (Lipinski definition) is 3. The van der Waals surface area contributed by atoms with Crippen molar-refractivity contribution in [2.45, 2.75) is 11.8 Å². The predicted molar refractivity (Wildman–Crippen MR) is 107 cm³/mol. The minimum atomic E-state index is -3.90. The van der Waals surface area contributed by atoms with Gasteiger partial charge in [0.15, 0.2) is 5.43 Å². The van der Waals surface area contributed by atoms with E-state index in [1.807, 2.05) is 25.1 Å². The SMILES string of the molecule is Cc1ccc(S(=O)(=O)n2c(-c3ccccc3)cc(=O)c3ccccc32)cc1. The van der Waals surface area contributed by atoms with Crippen LogP contribution < -0.4 is 5.43 Å². The van der Waals surface area contributed by atoms with Crippen LogP contribution in [0.1, 0.15) is 5.56 Å². The van der Waals surface area contributed by atoms with Gasteiger partial charge in [0.25, 0.3) is 10.0 Å². The molecule has 0 atom stereocenters. The Morgan fingerprint density at radius 2 is 1.41 bits per heavy atom. The van der Waals surface area contributed by atoms with Crippen LogP contribution in [0, 0.1) is 6.92 Å². The van der Waals surface area contributed by atoms with Gasteiger partial charge in [0.1, 0.15) is 0 Å². The number of fused-ring (bicyclic) bond motifs is 1. The van der Waals surface area contributed by atoms with Gasteiger partial charge < -0.3 is 0 Å². The number of rotatable bonds is 3. The topological polar surface area (TPSA) is 56.1 Å². The van der Waals surface area contributed by atoms with Crippen molar-refractivity contribution in [2.75, 3.05) is 0 Å². The average molecular weight is 375 g/mol. The van der Waals surface area contributed by atoms with Crippen molar-refractivity contribution in [3.05, 3.63) is 101 Å². The molecule has 0 aliphatic rings. The lowest BCUT2D eigenvalue weighted by Gasteiger charge is -2.17. The van der Waals surface area contributed by atoms with Crippen LogP contribution in [-0.4, -0.2) is 12.4 Å². The molecule has 0 saturated heterocycles. The summed E-state index contributed by atoms with van der Waals surface area (Å²) in [7, 11) is -3.90. The van der Waals surface area contributed by atoms with Gasteiger partial charge in [0.2, 0.25) is 0 Å². The van der Waals surface area contributed by atoms with E-state index in [0.29, 0.717) is 22.2 Å². The number of aryl methyl sites for hydroxylation is 1. The van der Waals surface area contributed by atoms with Crippen LogP contribution in [0.4, 0.5) is 0 Å². The Morgan fingerprint density at radius 3 is 2.11 bits per heavy atom. The zero-order valence-corrected chi connectivity index (χ0v) is 15.5. The van der Waals surface area contributed by atoms with E-state index in [2.05, 4.69) is 0 Å². The molecular formula is C22H17NO3S. The molecule has 0 bridgehead atoms. The van der Waals surface area contributed by atoms with E-state index in [-0.39, 0.29) is 10.3 Å². The minimum Gasteiger partial charge on any atom is -0.289 e. The summed E-state index contributed by atoms with van der Waals surface area (Å²) < 4.78 is 28.3. The molecule has 4 rings (SSSR count). The van der Waals surface area contributed by atoms with Crippen LogP contribution in [0.15, 0.2) is 94.6 Å². The maximum absolute atomic E-state index is 13.5. The Hall–Kier alpha value is -3.18. The fourth-order valence-electron chi connectivity index (χ4n) is 3.13. The van der Waals surface area contributed by atoms with E-state index in [4.69, 9.17) is 0 Å². The van der Waals surface area contributed by atoms with E-state index < -0.39 is 10.0 Å². The molecule has 0 radical (unpaired) electrons. The van der Waals surface area contributed by atoms with Crippen molar-refractivity contribution in [1.82, 2.24) is 3.97 Å². The second-order valence-corrected chi connectivity index (χ2v) is 8.15. The Morgan fingerprint density at radius 1 is 0.778 bits per heavy atom. The first-order valence-corrected chi connectivity index (χ1v) is 9.95. The second-order valence-electron chi connectivity index (χ2n) is 6.36. The van der Waals surface area contributed by atoms with Crippen LogP contribution in [0.5, 0.6) is 0 Å². The van der Waals surface area contributed by atoms with Crippen molar-refractivity contribution in [2.24, 2.45) is 0 Å². The molecular weight excluding hydrogens is 358 g/mol. The highest BCUT2D eigenvalue weighted by atomic mass is 32.2. The number of hydrogen-bond donors (Lipinski definition) is 0. The molecule has 4 nitrogen and oxygen atoms in total. The van der Waals surface area contributed by atoms with Crippen molar-refractivity contribution in [1.29, 1.82) is 0 Å². The molecule has 4 aromatic rings. The Bertz CT molecular complexity index is 1290. The maximum atomic E-state index is 13.5. The van der Waals surface area contributed by atoms with Gasteiger partial charge in [-0.15, -0.1) is 0 Å². The Kier molecular flexibility index (Phi) is 4.16. The lowest BCUT2D eigenvalue weighted by molar-refractivity contribution is 0.589. The third kappa shape index (κ3) is 2.96. The fourth-order valence-corrected chi connectivity index (χ4v) is 4.66. The number of para-hydroxylation sites is 1.